The minimum atomic E-state index is -3.20. The van der Waals surface area contributed by atoms with Gasteiger partial charge in [-0.25, -0.2) is 8.42 Å². The average Bonchev–Trinajstić information content (AvgIpc) is 3.01. The van der Waals surface area contributed by atoms with Gasteiger partial charge >= 0.3 is 0 Å². The summed E-state index contributed by atoms with van der Waals surface area (Å²) in [5, 5.41) is 3.87. The fourth-order valence-corrected chi connectivity index (χ4v) is 7.75. The first-order valence-electron chi connectivity index (χ1n) is 7.68. The molecule has 5 nitrogen and oxygen atoms in total. The van der Waals surface area contributed by atoms with E-state index in [0.29, 0.717) is 24.0 Å². The van der Waals surface area contributed by atoms with Gasteiger partial charge in [0, 0.05) is 17.5 Å². The minimum absolute atomic E-state index is 0.0639. The molecule has 1 spiro atoms. The van der Waals surface area contributed by atoms with Gasteiger partial charge in [-0.1, -0.05) is 19.0 Å². The molecule has 1 saturated heterocycles. The lowest BCUT2D eigenvalue weighted by atomic mass is 9.69. The highest BCUT2D eigenvalue weighted by molar-refractivity contribution is 7.89. The van der Waals surface area contributed by atoms with Crippen molar-refractivity contribution in [2.45, 2.75) is 52.6 Å². The molecule has 0 amide bonds. The molecule has 2 aliphatic carbocycles. The molecule has 1 aromatic heterocycles. The van der Waals surface area contributed by atoms with Crippen LogP contribution in [0.3, 0.4) is 0 Å². The fourth-order valence-electron chi connectivity index (χ4n) is 5.23. The summed E-state index contributed by atoms with van der Waals surface area (Å²) in [6, 6.07) is 1.97. The topological polar surface area (TPSA) is 63.4 Å². The van der Waals surface area contributed by atoms with E-state index in [-0.39, 0.29) is 16.9 Å². The van der Waals surface area contributed by atoms with Crippen molar-refractivity contribution < 1.29 is 12.9 Å². The van der Waals surface area contributed by atoms with Crippen molar-refractivity contribution in [2.24, 2.45) is 16.7 Å². The van der Waals surface area contributed by atoms with Gasteiger partial charge in [0.1, 0.15) is 0 Å². The maximum atomic E-state index is 12.7. The largest absolute Gasteiger partial charge is 0.360 e. The van der Waals surface area contributed by atoms with E-state index in [0.717, 1.165) is 18.5 Å². The smallest absolute Gasteiger partial charge is 0.215 e. The highest BCUT2D eigenvalue weighted by atomic mass is 32.2. The van der Waals surface area contributed by atoms with E-state index in [1.165, 1.54) is 6.42 Å². The van der Waals surface area contributed by atoms with Crippen molar-refractivity contribution in [3.05, 3.63) is 17.5 Å². The van der Waals surface area contributed by atoms with E-state index in [9.17, 15) is 8.42 Å². The Labute approximate surface area is 125 Å². The van der Waals surface area contributed by atoms with Crippen molar-refractivity contribution in [3.63, 3.8) is 0 Å². The Hall–Kier alpha value is -0.880. The highest BCUT2D eigenvalue weighted by Gasteiger charge is 2.71. The average molecular weight is 310 g/mol. The van der Waals surface area contributed by atoms with E-state index < -0.39 is 10.0 Å². The van der Waals surface area contributed by atoms with Crippen LogP contribution in [0.2, 0.25) is 0 Å². The second-order valence-electron chi connectivity index (χ2n) is 7.60. The third-order valence-electron chi connectivity index (χ3n) is 6.52. The quantitative estimate of drug-likeness (QED) is 0.841. The summed E-state index contributed by atoms with van der Waals surface area (Å²) in [6.07, 6.45) is 3.22. The Morgan fingerprint density at radius 1 is 1.48 bits per heavy atom. The molecule has 3 aliphatic rings. The van der Waals surface area contributed by atoms with Gasteiger partial charge in [0.05, 0.1) is 18.0 Å². The van der Waals surface area contributed by atoms with Crippen molar-refractivity contribution in [1.29, 1.82) is 0 Å². The molecular formula is C15H22N2O3S. The molecule has 1 unspecified atom stereocenters. The lowest BCUT2D eigenvalue weighted by Gasteiger charge is -2.37. The molecular weight excluding hydrogens is 288 g/mol. The lowest BCUT2D eigenvalue weighted by Crippen LogP contribution is -2.41. The van der Waals surface area contributed by atoms with Gasteiger partial charge in [0.2, 0.25) is 10.0 Å². The second-order valence-corrected chi connectivity index (χ2v) is 9.52. The normalized spacial score (nSPS) is 39.8. The van der Waals surface area contributed by atoms with Crippen LogP contribution in [0.15, 0.2) is 10.6 Å². The van der Waals surface area contributed by atoms with Gasteiger partial charge in [-0.05, 0) is 37.5 Å². The molecule has 4 rings (SSSR count). The molecule has 1 aromatic rings. The van der Waals surface area contributed by atoms with Crippen LogP contribution in [0.25, 0.3) is 0 Å². The van der Waals surface area contributed by atoms with Crippen molar-refractivity contribution >= 4 is 10.0 Å². The van der Waals surface area contributed by atoms with E-state index in [4.69, 9.17) is 4.52 Å². The molecule has 1 aliphatic heterocycles. The first-order valence-corrected chi connectivity index (χ1v) is 9.29. The molecule has 0 radical (unpaired) electrons. The number of aryl methyl sites for hydroxylation is 1. The number of fused-ring (bicyclic) bond motifs is 1. The van der Waals surface area contributed by atoms with Crippen molar-refractivity contribution in [3.8, 4) is 0 Å². The summed E-state index contributed by atoms with van der Waals surface area (Å²) in [5.41, 5.74) is 0.854. The number of aromatic nitrogens is 1. The zero-order valence-corrected chi connectivity index (χ0v) is 13.6. The van der Waals surface area contributed by atoms with Gasteiger partial charge in [-0.2, -0.15) is 4.31 Å². The van der Waals surface area contributed by atoms with Crippen molar-refractivity contribution in [1.82, 2.24) is 9.46 Å². The number of nitrogens with zero attached hydrogens (tertiary/aromatic N) is 2. The van der Waals surface area contributed by atoms with E-state index in [1.807, 2.05) is 13.0 Å². The molecule has 116 valence electrons. The first kappa shape index (κ1) is 13.8. The lowest BCUT2D eigenvalue weighted by molar-refractivity contribution is 0.109. The Kier molecular flexibility index (Phi) is 2.56. The Balaban J connectivity index is 1.72. The molecule has 0 aromatic carbocycles. The summed E-state index contributed by atoms with van der Waals surface area (Å²) in [7, 11) is -3.20. The van der Waals surface area contributed by atoms with Gasteiger partial charge in [-0.3, -0.25) is 0 Å². The monoisotopic (exact) mass is 310 g/mol. The van der Waals surface area contributed by atoms with E-state index in [2.05, 4.69) is 19.0 Å². The first-order chi connectivity index (χ1) is 9.76. The van der Waals surface area contributed by atoms with Crippen LogP contribution in [-0.4, -0.2) is 29.7 Å². The maximum absolute atomic E-state index is 12.7. The second kappa shape index (κ2) is 3.90. The molecule has 3 atom stereocenters. The summed E-state index contributed by atoms with van der Waals surface area (Å²) < 4.78 is 32.4. The van der Waals surface area contributed by atoms with Crippen LogP contribution < -0.4 is 0 Å². The fraction of sp³-hybridized carbons (Fsp3) is 0.800. The Morgan fingerprint density at radius 3 is 2.86 bits per heavy atom. The Morgan fingerprint density at radius 2 is 2.24 bits per heavy atom. The van der Waals surface area contributed by atoms with Crippen LogP contribution in [-0.2, 0) is 16.6 Å². The third-order valence-corrected chi connectivity index (χ3v) is 8.50. The van der Waals surface area contributed by atoms with Crippen LogP contribution in [0.4, 0.5) is 0 Å². The zero-order chi connectivity index (χ0) is 15.0. The summed E-state index contributed by atoms with van der Waals surface area (Å²) in [6.45, 7) is 6.72. The molecule has 2 heterocycles. The van der Waals surface area contributed by atoms with E-state index in [1.54, 1.807) is 4.31 Å². The molecule has 6 heteroatoms. The van der Waals surface area contributed by atoms with Gasteiger partial charge in [-0.15, -0.1) is 0 Å². The number of rotatable bonds is 2. The zero-order valence-electron chi connectivity index (χ0n) is 12.8. The summed E-state index contributed by atoms with van der Waals surface area (Å²) in [4.78, 5) is 0. The molecule has 0 N–H and O–H groups in total. The molecule has 2 saturated carbocycles. The number of hydrogen-bond donors (Lipinski definition) is 0. The Bertz CT molecular complexity index is 694. The summed E-state index contributed by atoms with van der Waals surface area (Å²) in [5.74, 6) is 1.60. The van der Waals surface area contributed by atoms with Gasteiger partial charge in [0.25, 0.3) is 0 Å². The highest BCUT2D eigenvalue weighted by Crippen LogP contribution is 2.70. The number of hydrogen-bond acceptors (Lipinski definition) is 4. The molecule has 21 heavy (non-hydrogen) atoms. The predicted octanol–water partition coefficient (Wildman–Crippen LogP) is 2.32. The van der Waals surface area contributed by atoms with Crippen LogP contribution in [0.5, 0.6) is 0 Å². The van der Waals surface area contributed by atoms with Gasteiger partial charge < -0.3 is 4.52 Å². The van der Waals surface area contributed by atoms with Crippen molar-refractivity contribution in [2.75, 3.05) is 5.75 Å². The van der Waals surface area contributed by atoms with E-state index >= 15 is 0 Å². The molecule has 2 bridgehead atoms. The SMILES string of the molecule is Cc1cc(CN2[C@H]3C[C@H]4CCC3(CS2(=O)=O)C4(C)C)on1. The number of sulfonamides is 1. The standard InChI is InChI=1S/C15H22N2O3S/c1-10-6-12(20-16-10)8-17-13-7-11-4-5-15(13,14(11,2)3)9-21(17,18)19/h6,11,13H,4-5,7-9H2,1-3H3/t11-,13+,15?/m1/s1. The minimum Gasteiger partial charge on any atom is -0.360 e. The van der Waals surface area contributed by atoms with Crippen LogP contribution in [0, 0.1) is 23.7 Å². The van der Waals surface area contributed by atoms with Gasteiger partial charge in [0.15, 0.2) is 5.76 Å². The molecule has 3 fully saturated rings. The third kappa shape index (κ3) is 1.60. The predicted molar refractivity (Wildman–Crippen MR) is 77.9 cm³/mol. The summed E-state index contributed by atoms with van der Waals surface area (Å²) >= 11 is 0. The van der Waals surface area contributed by atoms with Crippen LogP contribution in [0.1, 0.15) is 44.6 Å². The maximum Gasteiger partial charge on any atom is 0.215 e. The van der Waals surface area contributed by atoms with Crippen LogP contribution >= 0.6 is 0 Å².